The fraction of sp³-hybridized carbons (Fsp3) is 0.400. The van der Waals surface area contributed by atoms with Gasteiger partial charge in [-0.05, 0) is 61.1 Å². The van der Waals surface area contributed by atoms with E-state index >= 15 is 0 Å². The number of nitrogens with two attached hydrogens (primary N) is 1. The molecule has 2 aromatic carbocycles. The van der Waals surface area contributed by atoms with E-state index in [1.165, 1.54) is 0 Å². The number of fused-ring (bicyclic) bond motifs is 1. The number of benzene rings is 2. The highest BCUT2D eigenvalue weighted by molar-refractivity contribution is 5.95. The fourth-order valence-corrected chi connectivity index (χ4v) is 4.30. The Morgan fingerprint density at radius 3 is 2.50 bits per heavy atom. The number of nitrogens with zero attached hydrogens (tertiary/aromatic N) is 2. The monoisotopic (exact) mass is 434 g/mol. The van der Waals surface area contributed by atoms with Crippen LogP contribution in [0.3, 0.4) is 0 Å². The molecule has 2 amide bonds. The SMILES string of the molecule is C[C@H](O)CNC(=O)C1CC(N)=Nc2cc(-c3ccc(C(=O)N4CCCC4)cc3)ccc2C1. The standard InChI is InChI=1S/C25H30N4O3/c1-16(30)15-27-24(31)21-12-20-9-8-19(13-22(20)28-23(26)14-21)17-4-6-18(7-5-17)25(32)29-10-2-3-11-29/h4-9,13,16,21,30H,2-3,10-12,14-15H2,1H3,(H2,26,28)(H,27,31)/t16-,21?/m0/s1. The van der Waals surface area contributed by atoms with E-state index in [4.69, 9.17) is 5.73 Å². The summed E-state index contributed by atoms with van der Waals surface area (Å²) in [5.41, 5.74) is 10.5. The summed E-state index contributed by atoms with van der Waals surface area (Å²) in [5.74, 6) is 0.0673. The summed E-state index contributed by atoms with van der Waals surface area (Å²) in [4.78, 5) is 31.6. The van der Waals surface area contributed by atoms with Gasteiger partial charge in [0.25, 0.3) is 5.91 Å². The van der Waals surface area contributed by atoms with Gasteiger partial charge < -0.3 is 21.1 Å². The zero-order valence-electron chi connectivity index (χ0n) is 18.4. The first-order chi connectivity index (χ1) is 15.4. The first-order valence-corrected chi connectivity index (χ1v) is 11.2. The lowest BCUT2D eigenvalue weighted by Gasteiger charge is -2.16. The molecule has 1 saturated heterocycles. The van der Waals surface area contributed by atoms with Crippen molar-refractivity contribution >= 4 is 23.3 Å². The van der Waals surface area contributed by atoms with E-state index in [1.807, 2.05) is 47.4 Å². The van der Waals surface area contributed by atoms with Crippen LogP contribution in [0, 0.1) is 5.92 Å². The van der Waals surface area contributed by atoms with Gasteiger partial charge in [-0.25, -0.2) is 4.99 Å². The molecular weight excluding hydrogens is 404 g/mol. The first-order valence-electron chi connectivity index (χ1n) is 11.2. The zero-order valence-corrected chi connectivity index (χ0v) is 18.4. The number of aliphatic imine (C=N–C) groups is 1. The Morgan fingerprint density at radius 1 is 1.12 bits per heavy atom. The van der Waals surface area contributed by atoms with Crippen molar-refractivity contribution in [2.24, 2.45) is 16.6 Å². The number of rotatable bonds is 5. The molecule has 0 saturated carbocycles. The molecule has 2 heterocycles. The van der Waals surface area contributed by atoms with Crippen molar-refractivity contribution in [1.29, 1.82) is 0 Å². The maximum Gasteiger partial charge on any atom is 0.253 e. The highest BCUT2D eigenvalue weighted by atomic mass is 16.3. The zero-order chi connectivity index (χ0) is 22.7. The van der Waals surface area contributed by atoms with Crippen LogP contribution in [0.15, 0.2) is 47.5 Å². The molecule has 0 radical (unpaired) electrons. The number of amidine groups is 1. The van der Waals surface area contributed by atoms with Crippen LogP contribution in [-0.2, 0) is 11.2 Å². The van der Waals surface area contributed by atoms with Crippen LogP contribution < -0.4 is 11.1 Å². The number of hydrogen-bond donors (Lipinski definition) is 3. The molecule has 0 spiro atoms. The van der Waals surface area contributed by atoms with Crippen molar-refractivity contribution in [3.05, 3.63) is 53.6 Å². The highest BCUT2D eigenvalue weighted by Crippen LogP contribution is 2.32. The number of carbonyl (C=O) groups is 2. The van der Waals surface area contributed by atoms with E-state index in [0.29, 0.717) is 24.2 Å². The van der Waals surface area contributed by atoms with E-state index in [-0.39, 0.29) is 24.3 Å². The molecular formula is C25H30N4O3. The summed E-state index contributed by atoms with van der Waals surface area (Å²) in [6.45, 7) is 3.52. The number of amides is 2. The minimum Gasteiger partial charge on any atom is -0.392 e. The van der Waals surface area contributed by atoms with Gasteiger partial charge in [-0.2, -0.15) is 0 Å². The Balaban J connectivity index is 1.52. The average Bonchev–Trinajstić information content (AvgIpc) is 3.26. The minimum atomic E-state index is -0.595. The molecule has 7 nitrogen and oxygen atoms in total. The number of carbonyl (C=O) groups excluding carboxylic acids is 2. The van der Waals surface area contributed by atoms with Crippen molar-refractivity contribution < 1.29 is 14.7 Å². The van der Waals surface area contributed by atoms with E-state index in [9.17, 15) is 14.7 Å². The molecule has 2 aromatic rings. The Bertz CT molecular complexity index is 1020. The molecule has 1 unspecified atom stereocenters. The largest absolute Gasteiger partial charge is 0.392 e. The van der Waals surface area contributed by atoms with Crippen molar-refractivity contribution in [1.82, 2.24) is 10.2 Å². The summed E-state index contributed by atoms with van der Waals surface area (Å²) in [7, 11) is 0. The Hall–Kier alpha value is -3.19. The van der Waals surface area contributed by atoms with Gasteiger partial charge in [0.2, 0.25) is 5.91 Å². The summed E-state index contributed by atoms with van der Waals surface area (Å²) in [6.07, 6.45) is 2.47. The quantitative estimate of drug-likeness (QED) is 0.672. The van der Waals surface area contributed by atoms with Gasteiger partial charge >= 0.3 is 0 Å². The van der Waals surface area contributed by atoms with Crippen LogP contribution in [0.4, 0.5) is 5.69 Å². The summed E-state index contributed by atoms with van der Waals surface area (Å²) in [5, 5.41) is 12.2. The molecule has 7 heteroatoms. The smallest absolute Gasteiger partial charge is 0.253 e. The van der Waals surface area contributed by atoms with Gasteiger partial charge in [-0.15, -0.1) is 0 Å². The number of aliphatic hydroxyl groups excluding tert-OH is 1. The number of hydrogen-bond acceptors (Lipinski definition) is 5. The molecule has 1 fully saturated rings. The van der Waals surface area contributed by atoms with Crippen molar-refractivity contribution in [3.8, 4) is 11.1 Å². The maximum atomic E-state index is 12.6. The van der Waals surface area contributed by atoms with E-state index in [1.54, 1.807) is 6.92 Å². The highest BCUT2D eigenvalue weighted by Gasteiger charge is 2.25. The van der Waals surface area contributed by atoms with E-state index in [2.05, 4.69) is 10.3 Å². The third-order valence-electron chi connectivity index (χ3n) is 6.07. The predicted molar refractivity (Wildman–Crippen MR) is 125 cm³/mol. The molecule has 2 aliphatic rings. The van der Waals surface area contributed by atoms with Gasteiger partial charge in [0, 0.05) is 37.5 Å². The molecule has 0 aromatic heterocycles. The Morgan fingerprint density at radius 2 is 1.81 bits per heavy atom. The minimum absolute atomic E-state index is 0.0910. The molecule has 2 atom stereocenters. The second-order valence-corrected chi connectivity index (χ2v) is 8.72. The van der Waals surface area contributed by atoms with Crippen LogP contribution in [-0.4, -0.2) is 53.4 Å². The Labute approximate surface area is 188 Å². The third kappa shape index (κ3) is 4.99. The normalized spacial score (nSPS) is 19.0. The molecule has 0 bridgehead atoms. The van der Waals surface area contributed by atoms with Crippen molar-refractivity contribution in [2.75, 3.05) is 19.6 Å². The lowest BCUT2D eigenvalue weighted by molar-refractivity contribution is -0.125. The molecule has 4 rings (SSSR count). The molecule has 2 aliphatic heterocycles. The molecule has 0 aliphatic carbocycles. The van der Waals surface area contributed by atoms with Crippen LogP contribution in [0.2, 0.25) is 0 Å². The van der Waals surface area contributed by atoms with Crippen LogP contribution in [0.1, 0.15) is 42.1 Å². The fourth-order valence-electron chi connectivity index (χ4n) is 4.30. The second-order valence-electron chi connectivity index (χ2n) is 8.72. The number of aliphatic hydroxyl groups is 1. The lowest BCUT2D eigenvalue weighted by Crippen LogP contribution is -2.37. The van der Waals surface area contributed by atoms with Gasteiger partial charge in [-0.1, -0.05) is 24.3 Å². The van der Waals surface area contributed by atoms with Crippen LogP contribution in [0.5, 0.6) is 0 Å². The van der Waals surface area contributed by atoms with E-state index < -0.39 is 6.10 Å². The van der Waals surface area contributed by atoms with Gasteiger partial charge in [-0.3, -0.25) is 9.59 Å². The summed E-state index contributed by atoms with van der Waals surface area (Å²) < 4.78 is 0. The van der Waals surface area contributed by atoms with E-state index in [0.717, 1.165) is 48.3 Å². The van der Waals surface area contributed by atoms with Gasteiger partial charge in [0.15, 0.2) is 0 Å². The van der Waals surface area contributed by atoms with Gasteiger partial charge in [0.05, 0.1) is 11.8 Å². The first kappa shape index (κ1) is 22.0. The van der Waals surface area contributed by atoms with Gasteiger partial charge in [0.1, 0.15) is 5.84 Å². The predicted octanol–water partition coefficient (Wildman–Crippen LogP) is 2.64. The summed E-state index contributed by atoms with van der Waals surface area (Å²) in [6, 6.07) is 13.7. The summed E-state index contributed by atoms with van der Waals surface area (Å²) >= 11 is 0. The topological polar surface area (TPSA) is 108 Å². The van der Waals surface area contributed by atoms with Crippen LogP contribution in [0.25, 0.3) is 11.1 Å². The van der Waals surface area contributed by atoms with Crippen LogP contribution >= 0.6 is 0 Å². The second kappa shape index (κ2) is 9.53. The molecule has 168 valence electrons. The maximum absolute atomic E-state index is 12.6. The Kier molecular flexibility index (Phi) is 6.55. The third-order valence-corrected chi connectivity index (χ3v) is 6.07. The molecule has 32 heavy (non-hydrogen) atoms. The number of likely N-dealkylation sites (tertiary alicyclic amines) is 1. The lowest BCUT2D eigenvalue weighted by atomic mass is 9.93. The number of nitrogens with one attached hydrogen (secondary N) is 1. The van der Waals surface area contributed by atoms with Crippen molar-refractivity contribution in [2.45, 2.75) is 38.7 Å². The molecule has 4 N–H and O–H groups in total. The van der Waals surface area contributed by atoms with Crippen molar-refractivity contribution in [3.63, 3.8) is 0 Å². The average molecular weight is 435 g/mol.